The number of pyridine rings is 1. The maximum atomic E-state index is 14.0. The molecule has 1 aliphatic rings. The van der Waals surface area contributed by atoms with Crippen molar-refractivity contribution in [2.75, 3.05) is 26.2 Å². The summed E-state index contributed by atoms with van der Waals surface area (Å²) in [5.41, 5.74) is 2.48. The van der Waals surface area contributed by atoms with Crippen LogP contribution in [0.4, 0.5) is 13.2 Å². The Hall–Kier alpha value is -3.43. The van der Waals surface area contributed by atoms with E-state index in [1.807, 2.05) is 18.2 Å². The Morgan fingerprint density at radius 1 is 1.05 bits per heavy atom. The van der Waals surface area contributed by atoms with Gasteiger partial charge in [-0.1, -0.05) is 48.0 Å². The van der Waals surface area contributed by atoms with Crippen molar-refractivity contribution in [2.24, 2.45) is 0 Å². The average molecular weight is 528 g/mol. The number of nitrogens with zero attached hydrogens (tertiary/aromatic N) is 5. The topological polar surface area (TPSA) is 54.3 Å². The molecule has 2 aromatic heterocycles. The third kappa shape index (κ3) is 5.33. The summed E-state index contributed by atoms with van der Waals surface area (Å²) < 4.78 is 42.8. The summed E-state index contributed by atoms with van der Waals surface area (Å²) in [5, 5.41) is 5.07. The number of aryl methyl sites for hydroxylation is 1. The first-order valence-corrected chi connectivity index (χ1v) is 12.3. The van der Waals surface area contributed by atoms with E-state index in [1.54, 1.807) is 30.0 Å². The lowest BCUT2D eigenvalue weighted by Gasteiger charge is -2.35. The molecule has 6 nitrogen and oxygen atoms in total. The maximum Gasteiger partial charge on any atom is 0.264 e. The zero-order valence-electron chi connectivity index (χ0n) is 20.2. The second-order valence-electron chi connectivity index (χ2n) is 9.10. The average Bonchev–Trinajstić information content (AvgIpc) is 3.20. The van der Waals surface area contributed by atoms with E-state index < -0.39 is 6.43 Å². The number of hydrogen-bond donors (Lipinski definition) is 0. The molecule has 1 amide bonds. The molecule has 0 spiro atoms. The number of benzene rings is 2. The van der Waals surface area contributed by atoms with Gasteiger partial charge in [-0.25, -0.2) is 22.8 Å². The van der Waals surface area contributed by atoms with Gasteiger partial charge >= 0.3 is 0 Å². The number of amides is 1. The highest BCUT2D eigenvalue weighted by atomic mass is 35.5. The lowest BCUT2D eigenvalue weighted by Crippen LogP contribution is -2.49. The number of aromatic nitrogens is 3. The van der Waals surface area contributed by atoms with E-state index in [-0.39, 0.29) is 34.9 Å². The van der Waals surface area contributed by atoms with Crippen LogP contribution in [0.1, 0.15) is 23.2 Å². The van der Waals surface area contributed by atoms with Crippen molar-refractivity contribution >= 4 is 28.5 Å². The largest absolute Gasteiger partial charge is 0.339 e. The molecule has 1 fully saturated rings. The van der Waals surface area contributed by atoms with Gasteiger partial charge in [-0.2, -0.15) is 5.10 Å². The highest BCUT2D eigenvalue weighted by molar-refractivity contribution is 6.31. The Balaban J connectivity index is 1.33. The summed E-state index contributed by atoms with van der Waals surface area (Å²) in [6.45, 7) is 4.38. The molecule has 5 rings (SSSR count). The third-order valence-corrected chi connectivity index (χ3v) is 6.98. The molecule has 0 saturated carbocycles. The fourth-order valence-electron chi connectivity index (χ4n) is 4.70. The number of carbonyl (C=O) groups is 1. The van der Waals surface area contributed by atoms with Gasteiger partial charge in [-0.3, -0.25) is 9.69 Å². The Morgan fingerprint density at radius 3 is 2.46 bits per heavy atom. The number of piperazine rings is 1. The zero-order chi connectivity index (χ0) is 26.1. The van der Waals surface area contributed by atoms with Crippen LogP contribution in [0.25, 0.3) is 22.3 Å². The Labute approximate surface area is 217 Å². The first-order chi connectivity index (χ1) is 17.8. The Morgan fingerprint density at radius 2 is 1.78 bits per heavy atom. The smallest absolute Gasteiger partial charge is 0.264 e. The summed E-state index contributed by atoms with van der Waals surface area (Å²) in [6, 6.07) is 14.8. The molecule has 0 N–H and O–H groups in total. The molecular weight excluding hydrogens is 503 g/mol. The number of hydrogen-bond acceptors (Lipinski definition) is 4. The summed E-state index contributed by atoms with van der Waals surface area (Å²) in [5.74, 6) is -0.536. The molecule has 0 atom stereocenters. The minimum absolute atomic E-state index is 0.0952. The summed E-state index contributed by atoms with van der Waals surface area (Å²) >= 11 is 6.15. The Kier molecular flexibility index (Phi) is 7.17. The van der Waals surface area contributed by atoms with Crippen LogP contribution in [0.15, 0.2) is 54.6 Å². The molecule has 37 heavy (non-hydrogen) atoms. The first kappa shape index (κ1) is 25.2. The molecule has 1 aliphatic heterocycles. The molecule has 10 heteroatoms. The van der Waals surface area contributed by atoms with Gasteiger partial charge in [0.2, 0.25) is 5.91 Å². The van der Waals surface area contributed by atoms with Gasteiger partial charge in [0, 0.05) is 48.9 Å². The number of fused-ring (bicyclic) bond motifs is 1. The van der Waals surface area contributed by atoms with E-state index >= 15 is 0 Å². The van der Waals surface area contributed by atoms with Gasteiger partial charge < -0.3 is 4.90 Å². The van der Waals surface area contributed by atoms with E-state index in [0.29, 0.717) is 54.7 Å². The SMILES string of the molecule is Cc1nn(CC(=O)N2CCN(Cc3ccc(F)cc3Cl)CC2)c2nc(-c3ccccc3)cc(C(F)F)c12. The number of alkyl halides is 2. The fraction of sp³-hybridized carbons (Fsp3) is 0.296. The van der Waals surface area contributed by atoms with Crippen molar-refractivity contribution in [1.29, 1.82) is 0 Å². The van der Waals surface area contributed by atoms with Crippen LogP contribution in [-0.2, 0) is 17.9 Å². The van der Waals surface area contributed by atoms with E-state index in [1.165, 1.54) is 22.9 Å². The van der Waals surface area contributed by atoms with Crippen molar-refractivity contribution in [1.82, 2.24) is 24.6 Å². The molecular formula is C27H25ClF3N5O. The molecule has 3 heterocycles. The molecule has 0 bridgehead atoms. The lowest BCUT2D eigenvalue weighted by molar-refractivity contribution is -0.133. The highest BCUT2D eigenvalue weighted by Crippen LogP contribution is 2.33. The lowest BCUT2D eigenvalue weighted by atomic mass is 10.1. The van der Waals surface area contributed by atoms with Crippen molar-refractivity contribution in [3.05, 3.63) is 82.3 Å². The molecule has 0 aliphatic carbocycles. The van der Waals surface area contributed by atoms with Crippen molar-refractivity contribution in [2.45, 2.75) is 26.4 Å². The van der Waals surface area contributed by atoms with E-state index in [4.69, 9.17) is 11.6 Å². The van der Waals surface area contributed by atoms with Crippen LogP contribution in [-0.4, -0.2) is 56.7 Å². The summed E-state index contributed by atoms with van der Waals surface area (Å²) in [7, 11) is 0. The van der Waals surface area contributed by atoms with Gasteiger partial charge in [0.05, 0.1) is 16.8 Å². The zero-order valence-corrected chi connectivity index (χ0v) is 20.9. The number of halogens is 4. The first-order valence-electron chi connectivity index (χ1n) is 12.0. The maximum absolute atomic E-state index is 14.0. The van der Waals surface area contributed by atoms with Gasteiger partial charge in [0.1, 0.15) is 12.4 Å². The second kappa shape index (κ2) is 10.5. The summed E-state index contributed by atoms with van der Waals surface area (Å²) in [6.07, 6.45) is -2.71. The van der Waals surface area contributed by atoms with Crippen molar-refractivity contribution in [3.8, 4) is 11.3 Å². The minimum atomic E-state index is -2.71. The fourth-order valence-corrected chi connectivity index (χ4v) is 4.93. The highest BCUT2D eigenvalue weighted by Gasteiger charge is 2.25. The van der Waals surface area contributed by atoms with Crippen LogP contribution in [0, 0.1) is 12.7 Å². The molecule has 4 aromatic rings. The van der Waals surface area contributed by atoms with Gasteiger partial charge in [0.25, 0.3) is 6.43 Å². The van der Waals surface area contributed by atoms with Crippen LogP contribution in [0.5, 0.6) is 0 Å². The van der Waals surface area contributed by atoms with Gasteiger partial charge in [0.15, 0.2) is 5.65 Å². The predicted octanol–water partition coefficient (Wildman–Crippen LogP) is 5.48. The van der Waals surface area contributed by atoms with Crippen LogP contribution in [0.3, 0.4) is 0 Å². The normalized spacial score (nSPS) is 14.6. The standard InChI is InChI=1S/C27H25ClF3N5O/c1-17-25-21(26(30)31)14-23(18-5-3-2-4-6-18)32-27(25)36(33-17)16-24(37)35-11-9-34(10-12-35)15-19-7-8-20(29)13-22(19)28/h2-8,13-14,26H,9-12,15-16H2,1H3. The van der Waals surface area contributed by atoms with Crippen LogP contribution >= 0.6 is 11.6 Å². The number of rotatable bonds is 6. The van der Waals surface area contributed by atoms with Crippen molar-refractivity contribution < 1.29 is 18.0 Å². The molecule has 1 saturated heterocycles. The predicted molar refractivity (Wildman–Crippen MR) is 136 cm³/mol. The second-order valence-corrected chi connectivity index (χ2v) is 9.50. The van der Waals surface area contributed by atoms with E-state index in [2.05, 4.69) is 15.0 Å². The van der Waals surface area contributed by atoms with Crippen LogP contribution < -0.4 is 0 Å². The molecule has 0 unspecified atom stereocenters. The molecule has 192 valence electrons. The quantitative estimate of drug-likeness (QED) is 0.333. The number of carbonyl (C=O) groups excluding carboxylic acids is 1. The van der Waals surface area contributed by atoms with E-state index in [0.717, 1.165) is 5.56 Å². The molecule has 0 radical (unpaired) electrons. The van der Waals surface area contributed by atoms with E-state index in [9.17, 15) is 18.0 Å². The monoisotopic (exact) mass is 527 g/mol. The van der Waals surface area contributed by atoms with Crippen molar-refractivity contribution in [3.63, 3.8) is 0 Å². The molecule has 2 aromatic carbocycles. The third-order valence-electron chi connectivity index (χ3n) is 6.63. The minimum Gasteiger partial charge on any atom is -0.339 e. The van der Waals surface area contributed by atoms with Gasteiger partial charge in [-0.05, 0) is 30.7 Å². The van der Waals surface area contributed by atoms with Gasteiger partial charge in [-0.15, -0.1) is 0 Å². The summed E-state index contributed by atoms with van der Waals surface area (Å²) in [4.78, 5) is 21.7. The Bertz CT molecular complexity index is 1440. The van der Waals surface area contributed by atoms with Crippen LogP contribution in [0.2, 0.25) is 5.02 Å².